The number of aryl methyl sites for hydroxylation is 1. The van der Waals surface area contributed by atoms with E-state index in [1.165, 1.54) is 12.1 Å². The summed E-state index contributed by atoms with van der Waals surface area (Å²) in [6.07, 6.45) is 1.73. The predicted molar refractivity (Wildman–Crippen MR) is 76.5 cm³/mol. The minimum atomic E-state index is -0.654. The molecule has 0 amide bonds. The Kier molecular flexibility index (Phi) is 4.52. The van der Waals surface area contributed by atoms with Gasteiger partial charge < -0.3 is 15.0 Å². The normalized spacial score (nSPS) is 12.8. The second-order valence-electron chi connectivity index (χ2n) is 4.65. The van der Waals surface area contributed by atoms with Gasteiger partial charge in [0.15, 0.2) is 5.78 Å². The molecule has 0 radical (unpaired) electrons. The number of aliphatic hydroxyl groups excluding tert-OH is 1. The molecule has 20 heavy (non-hydrogen) atoms. The highest BCUT2D eigenvalue weighted by Crippen LogP contribution is 2.24. The number of carbonyl (C=O) groups excluding carboxylic acids is 1. The van der Waals surface area contributed by atoms with Crippen LogP contribution in [0.15, 0.2) is 24.4 Å². The Labute approximate surface area is 117 Å². The van der Waals surface area contributed by atoms with Crippen LogP contribution in [0, 0.1) is 5.82 Å². The minimum Gasteiger partial charge on any atom is -0.394 e. The van der Waals surface area contributed by atoms with Gasteiger partial charge in [-0.2, -0.15) is 0 Å². The molecule has 1 aromatic carbocycles. The lowest BCUT2D eigenvalue weighted by Gasteiger charge is -2.12. The number of likely N-dealkylation sites (N-methyl/N-ethyl adjacent to an activating group) is 1. The highest BCUT2D eigenvalue weighted by atomic mass is 19.1. The van der Waals surface area contributed by atoms with Gasteiger partial charge >= 0.3 is 0 Å². The lowest BCUT2D eigenvalue weighted by atomic mass is 10.0. The molecule has 4 nitrogen and oxygen atoms in total. The fraction of sp³-hybridized carbons (Fsp3) is 0.400. The van der Waals surface area contributed by atoms with E-state index >= 15 is 0 Å². The Hall–Kier alpha value is -1.72. The maximum Gasteiger partial charge on any atom is 0.184 e. The fourth-order valence-corrected chi connectivity index (χ4v) is 2.40. The molecule has 0 aliphatic carbocycles. The number of nitrogens with one attached hydrogen (secondary N) is 1. The van der Waals surface area contributed by atoms with Gasteiger partial charge in [0.05, 0.1) is 12.6 Å². The van der Waals surface area contributed by atoms with Gasteiger partial charge in [-0.1, -0.05) is 6.92 Å². The van der Waals surface area contributed by atoms with E-state index in [0.717, 1.165) is 5.52 Å². The van der Waals surface area contributed by atoms with Crippen LogP contribution in [-0.2, 0) is 6.54 Å². The number of nitrogens with zero attached hydrogens (tertiary/aromatic N) is 1. The van der Waals surface area contributed by atoms with Gasteiger partial charge in [-0.05, 0) is 31.7 Å². The van der Waals surface area contributed by atoms with E-state index in [-0.39, 0.29) is 18.2 Å². The van der Waals surface area contributed by atoms with Crippen molar-refractivity contribution in [2.45, 2.75) is 26.4 Å². The Morgan fingerprint density at radius 2 is 2.20 bits per heavy atom. The number of hydrogen-bond donors (Lipinski definition) is 2. The van der Waals surface area contributed by atoms with Crippen molar-refractivity contribution in [3.63, 3.8) is 0 Å². The average molecular weight is 278 g/mol. The average Bonchev–Trinajstić information content (AvgIpc) is 2.81. The van der Waals surface area contributed by atoms with Crippen molar-refractivity contribution in [3.8, 4) is 0 Å². The lowest BCUT2D eigenvalue weighted by molar-refractivity contribution is 0.0901. The van der Waals surface area contributed by atoms with Crippen LogP contribution >= 0.6 is 0 Å². The van der Waals surface area contributed by atoms with Crippen LogP contribution in [0.2, 0.25) is 0 Å². The zero-order valence-electron chi connectivity index (χ0n) is 11.7. The first-order valence-corrected chi connectivity index (χ1v) is 6.79. The van der Waals surface area contributed by atoms with E-state index in [9.17, 15) is 14.3 Å². The number of fused-ring (bicyclic) bond motifs is 1. The largest absolute Gasteiger partial charge is 0.394 e. The zero-order chi connectivity index (χ0) is 14.7. The molecule has 0 fully saturated rings. The third-order valence-corrected chi connectivity index (χ3v) is 3.40. The third-order valence-electron chi connectivity index (χ3n) is 3.40. The maximum atomic E-state index is 13.4. The number of hydrogen-bond acceptors (Lipinski definition) is 3. The number of benzene rings is 1. The van der Waals surface area contributed by atoms with E-state index in [2.05, 4.69) is 5.32 Å². The SMILES string of the molecule is CCNC(CO)C(=O)c1cn(CC)c2ccc(F)cc12. The number of rotatable bonds is 6. The van der Waals surface area contributed by atoms with Crippen molar-refractivity contribution in [2.75, 3.05) is 13.2 Å². The summed E-state index contributed by atoms with van der Waals surface area (Å²) < 4.78 is 15.3. The minimum absolute atomic E-state index is 0.211. The van der Waals surface area contributed by atoms with Crippen LogP contribution in [0.5, 0.6) is 0 Å². The highest BCUT2D eigenvalue weighted by Gasteiger charge is 2.22. The molecule has 1 atom stereocenters. The molecule has 2 rings (SSSR count). The molecule has 0 aliphatic heterocycles. The molecule has 0 aliphatic rings. The zero-order valence-corrected chi connectivity index (χ0v) is 11.7. The molecule has 5 heteroatoms. The van der Waals surface area contributed by atoms with E-state index in [0.29, 0.717) is 24.0 Å². The molecule has 1 aromatic heterocycles. The van der Waals surface area contributed by atoms with Crippen LogP contribution in [0.3, 0.4) is 0 Å². The Morgan fingerprint density at radius 3 is 2.80 bits per heavy atom. The summed E-state index contributed by atoms with van der Waals surface area (Å²) in [4.78, 5) is 12.5. The van der Waals surface area contributed by atoms with E-state index in [1.807, 2.05) is 18.4 Å². The molecule has 0 bridgehead atoms. The van der Waals surface area contributed by atoms with Crippen molar-refractivity contribution < 1.29 is 14.3 Å². The van der Waals surface area contributed by atoms with Gasteiger partial charge in [0.1, 0.15) is 5.82 Å². The Balaban J connectivity index is 2.53. The summed E-state index contributed by atoms with van der Waals surface area (Å²) in [5.74, 6) is -0.582. The van der Waals surface area contributed by atoms with Gasteiger partial charge in [0, 0.05) is 29.2 Å². The topological polar surface area (TPSA) is 54.3 Å². The number of carbonyl (C=O) groups is 1. The second-order valence-corrected chi connectivity index (χ2v) is 4.65. The standard InChI is InChI=1S/C15H19FN2O2/c1-3-17-13(9-19)15(20)12-8-18(4-2)14-6-5-10(16)7-11(12)14/h5-8,13,17,19H,3-4,9H2,1-2H3. The van der Waals surface area contributed by atoms with Crippen LogP contribution < -0.4 is 5.32 Å². The fourth-order valence-electron chi connectivity index (χ4n) is 2.40. The molecule has 0 spiro atoms. The summed E-state index contributed by atoms with van der Waals surface area (Å²) >= 11 is 0. The first kappa shape index (κ1) is 14.7. The summed E-state index contributed by atoms with van der Waals surface area (Å²) in [6, 6.07) is 3.77. The van der Waals surface area contributed by atoms with Gasteiger partial charge in [0.2, 0.25) is 0 Å². The van der Waals surface area contributed by atoms with Crippen molar-refractivity contribution in [2.24, 2.45) is 0 Å². The number of ketones is 1. The molecule has 2 N–H and O–H groups in total. The van der Waals surface area contributed by atoms with Gasteiger partial charge in [-0.25, -0.2) is 4.39 Å². The smallest absolute Gasteiger partial charge is 0.184 e. The van der Waals surface area contributed by atoms with E-state index in [4.69, 9.17) is 0 Å². The van der Waals surface area contributed by atoms with Crippen molar-refractivity contribution in [1.29, 1.82) is 0 Å². The number of aliphatic hydroxyl groups is 1. The lowest BCUT2D eigenvalue weighted by Crippen LogP contribution is -2.39. The van der Waals surface area contributed by atoms with Crippen molar-refractivity contribution in [3.05, 3.63) is 35.8 Å². The van der Waals surface area contributed by atoms with E-state index < -0.39 is 6.04 Å². The molecule has 0 saturated carbocycles. The van der Waals surface area contributed by atoms with Crippen LogP contribution in [0.1, 0.15) is 24.2 Å². The molecule has 108 valence electrons. The van der Waals surface area contributed by atoms with Gasteiger partial charge in [-0.3, -0.25) is 4.79 Å². The summed E-state index contributed by atoms with van der Waals surface area (Å²) in [5, 5.41) is 12.8. The maximum absolute atomic E-state index is 13.4. The molecule has 1 unspecified atom stereocenters. The molecule has 2 aromatic rings. The molecular formula is C15H19FN2O2. The number of halogens is 1. The molecule has 1 heterocycles. The summed E-state index contributed by atoms with van der Waals surface area (Å²) in [5.41, 5.74) is 1.27. The Bertz CT molecular complexity index is 622. The monoisotopic (exact) mass is 278 g/mol. The number of Topliss-reactive ketones (excluding diaryl/α,β-unsaturated/α-hetero) is 1. The second kappa shape index (κ2) is 6.15. The van der Waals surface area contributed by atoms with E-state index in [1.54, 1.807) is 12.3 Å². The summed E-state index contributed by atoms with van der Waals surface area (Å²) in [7, 11) is 0. The van der Waals surface area contributed by atoms with Crippen LogP contribution in [-0.4, -0.2) is 34.7 Å². The quantitative estimate of drug-likeness (QED) is 0.794. The van der Waals surface area contributed by atoms with Gasteiger partial charge in [-0.15, -0.1) is 0 Å². The first-order valence-electron chi connectivity index (χ1n) is 6.79. The predicted octanol–water partition coefficient (Wildman–Crippen LogP) is 1.95. The first-order chi connectivity index (χ1) is 9.62. The Morgan fingerprint density at radius 1 is 1.45 bits per heavy atom. The van der Waals surface area contributed by atoms with Crippen molar-refractivity contribution in [1.82, 2.24) is 9.88 Å². The van der Waals surface area contributed by atoms with Crippen LogP contribution in [0.4, 0.5) is 4.39 Å². The van der Waals surface area contributed by atoms with Gasteiger partial charge in [0.25, 0.3) is 0 Å². The third kappa shape index (κ3) is 2.59. The molecule has 0 saturated heterocycles. The van der Waals surface area contributed by atoms with Crippen LogP contribution in [0.25, 0.3) is 10.9 Å². The van der Waals surface area contributed by atoms with Crippen molar-refractivity contribution >= 4 is 16.7 Å². The highest BCUT2D eigenvalue weighted by molar-refractivity contribution is 6.10. The summed E-state index contributed by atoms with van der Waals surface area (Å²) in [6.45, 7) is 4.83. The molecular weight excluding hydrogens is 259 g/mol. The number of aromatic nitrogens is 1.